The Hall–Kier alpha value is -2.91. The number of hydrogen-bond acceptors (Lipinski definition) is 6. The number of ether oxygens (including phenoxy) is 1. The first-order valence-corrected chi connectivity index (χ1v) is 10.2. The second-order valence-electron chi connectivity index (χ2n) is 6.27. The van der Waals surface area contributed by atoms with Gasteiger partial charge in [-0.1, -0.05) is 6.07 Å². The van der Waals surface area contributed by atoms with Crippen molar-refractivity contribution in [2.75, 3.05) is 20.2 Å². The lowest BCUT2D eigenvalue weighted by molar-refractivity contribution is 0.0955. The van der Waals surface area contributed by atoms with Gasteiger partial charge in [-0.2, -0.15) is 9.41 Å². The monoisotopic (exact) mass is 403 g/mol. The standard InChI is InChI=1S/C19H21N3O5S/c1-27-18-8-7-14(11-17(18)23)13-20-21-19(24)15-5-4-6-16(12-15)28(25,26)22-9-2-3-10-22/h4-8,11-13,23H,2-3,9-10H2,1H3,(H,21,24)/b20-13+. The molecule has 0 radical (unpaired) electrons. The zero-order valence-corrected chi connectivity index (χ0v) is 16.1. The van der Waals surface area contributed by atoms with Gasteiger partial charge in [0.15, 0.2) is 11.5 Å². The largest absolute Gasteiger partial charge is 0.504 e. The summed E-state index contributed by atoms with van der Waals surface area (Å²) >= 11 is 0. The van der Waals surface area contributed by atoms with E-state index in [-0.39, 0.29) is 16.2 Å². The first-order chi connectivity index (χ1) is 13.4. The molecule has 8 nitrogen and oxygen atoms in total. The summed E-state index contributed by atoms with van der Waals surface area (Å²) in [4.78, 5) is 12.4. The molecule has 28 heavy (non-hydrogen) atoms. The molecule has 9 heteroatoms. The summed E-state index contributed by atoms with van der Waals surface area (Å²) in [5.74, 6) is -0.248. The highest BCUT2D eigenvalue weighted by molar-refractivity contribution is 7.89. The second kappa shape index (κ2) is 8.41. The number of sulfonamides is 1. The number of methoxy groups -OCH3 is 1. The molecule has 1 heterocycles. The number of phenolic OH excluding ortho intramolecular Hbond substituents is 1. The van der Waals surface area contributed by atoms with E-state index in [0.717, 1.165) is 12.8 Å². The SMILES string of the molecule is COc1ccc(/C=N/NC(=O)c2cccc(S(=O)(=O)N3CCCC3)c2)cc1O. The van der Waals surface area contributed by atoms with Gasteiger partial charge in [0.05, 0.1) is 18.2 Å². The van der Waals surface area contributed by atoms with Gasteiger partial charge in [0.2, 0.25) is 10.0 Å². The summed E-state index contributed by atoms with van der Waals surface area (Å²) in [5.41, 5.74) is 3.10. The maximum atomic E-state index is 12.6. The number of nitrogens with zero attached hydrogens (tertiary/aromatic N) is 2. The lowest BCUT2D eigenvalue weighted by atomic mass is 10.2. The van der Waals surface area contributed by atoms with Crippen LogP contribution in [0.3, 0.4) is 0 Å². The van der Waals surface area contributed by atoms with Crippen LogP contribution in [0.15, 0.2) is 52.5 Å². The van der Waals surface area contributed by atoms with Crippen molar-refractivity contribution in [1.29, 1.82) is 0 Å². The fourth-order valence-corrected chi connectivity index (χ4v) is 4.46. The summed E-state index contributed by atoms with van der Waals surface area (Å²) in [7, 11) is -2.15. The third kappa shape index (κ3) is 4.32. The number of hydrazone groups is 1. The Morgan fingerprint density at radius 1 is 1.21 bits per heavy atom. The van der Waals surface area contributed by atoms with Crippen molar-refractivity contribution in [3.05, 3.63) is 53.6 Å². The maximum absolute atomic E-state index is 12.6. The van der Waals surface area contributed by atoms with E-state index in [0.29, 0.717) is 24.4 Å². The summed E-state index contributed by atoms with van der Waals surface area (Å²) in [6.07, 6.45) is 3.05. The molecule has 0 aromatic heterocycles. The van der Waals surface area contributed by atoms with Gasteiger partial charge in [0.1, 0.15) is 0 Å². The molecule has 0 bridgehead atoms. The van der Waals surface area contributed by atoms with Gasteiger partial charge in [0.25, 0.3) is 5.91 Å². The molecule has 1 saturated heterocycles. The lowest BCUT2D eigenvalue weighted by Gasteiger charge is -2.15. The average molecular weight is 403 g/mol. The third-order valence-electron chi connectivity index (χ3n) is 4.38. The number of aromatic hydroxyl groups is 1. The van der Waals surface area contributed by atoms with Crippen molar-refractivity contribution in [3.63, 3.8) is 0 Å². The van der Waals surface area contributed by atoms with Crippen molar-refractivity contribution < 1.29 is 23.1 Å². The fraction of sp³-hybridized carbons (Fsp3) is 0.263. The van der Waals surface area contributed by atoms with Gasteiger partial charge in [-0.15, -0.1) is 0 Å². The molecular formula is C19H21N3O5S. The van der Waals surface area contributed by atoms with Crippen LogP contribution in [-0.4, -0.2) is 50.2 Å². The molecule has 2 aromatic rings. The van der Waals surface area contributed by atoms with Gasteiger partial charge < -0.3 is 9.84 Å². The molecule has 0 aliphatic carbocycles. The summed E-state index contributed by atoms with van der Waals surface area (Å²) < 4.78 is 31.6. The molecular weight excluding hydrogens is 382 g/mol. The third-order valence-corrected chi connectivity index (χ3v) is 6.28. The van der Waals surface area contributed by atoms with E-state index < -0.39 is 15.9 Å². The lowest BCUT2D eigenvalue weighted by Crippen LogP contribution is -2.28. The number of carbonyl (C=O) groups excluding carboxylic acids is 1. The first kappa shape index (κ1) is 19.8. The molecule has 1 fully saturated rings. The van der Waals surface area contributed by atoms with Crippen LogP contribution in [0, 0.1) is 0 Å². The average Bonchev–Trinajstić information content (AvgIpc) is 3.24. The molecule has 0 spiro atoms. The van der Waals surface area contributed by atoms with Crippen molar-refractivity contribution in [1.82, 2.24) is 9.73 Å². The molecule has 3 rings (SSSR count). The number of phenols is 1. The minimum absolute atomic E-state index is 0.0439. The van der Waals surface area contributed by atoms with Crippen LogP contribution in [-0.2, 0) is 10.0 Å². The highest BCUT2D eigenvalue weighted by Crippen LogP contribution is 2.25. The Labute approximate surface area is 163 Å². The van der Waals surface area contributed by atoms with E-state index in [1.54, 1.807) is 12.1 Å². The van der Waals surface area contributed by atoms with E-state index in [9.17, 15) is 18.3 Å². The smallest absolute Gasteiger partial charge is 0.271 e. The van der Waals surface area contributed by atoms with Gasteiger partial charge in [-0.25, -0.2) is 13.8 Å². The Morgan fingerprint density at radius 2 is 1.96 bits per heavy atom. The summed E-state index contributed by atoms with van der Waals surface area (Å²) in [6.45, 7) is 0.996. The number of amides is 1. The number of carbonyl (C=O) groups is 1. The molecule has 2 N–H and O–H groups in total. The van der Waals surface area contributed by atoms with Crippen LogP contribution in [0.2, 0.25) is 0 Å². The molecule has 0 saturated carbocycles. The van der Waals surface area contributed by atoms with Crippen LogP contribution in [0.4, 0.5) is 0 Å². The van der Waals surface area contributed by atoms with Crippen LogP contribution >= 0.6 is 0 Å². The normalized spacial score (nSPS) is 15.0. The zero-order chi connectivity index (χ0) is 20.1. The van der Waals surface area contributed by atoms with Crippen LogP contribution in [0.25, 0.3) is 0 Å². The molecule has 1 amide bonds. The van der Waals surface area contributed by atoms with E-state index >= 15 is 0 Å². The Kier molecular flexibility index (Phi) is 5.96. The number of nitrogens with one attached hydrogen (secondary N) is 1. The molecule has 148 valence electrons. The van der Waals surface area contributed by atoms with Gasteiger partial charge in [-0.3, -0.25) is 4.79 Å². The van der Waals surface area contributed by atoms with E-state index in [1.807, 2.05) is 0 Å². The Balaban J connectivity index is 1.70. The van der Waals surface area contributed by atoms with E-state index in [2.05, 4.69) is 10.5 Å². The highest BCUT2D eigenvalue weighted by Gasteiger charge is 2.27. The predicted molar refractivity (Wildman–Crippen MR) is 104 cm³/mol. The minimum Gasteiger partial charge on any atom is -0.504 e. The van der Waals surface area contributed by atoms with Crippen molar-refractivity contribution in [2.45, 2.75) is 17.7 Å². The Morgan fingerprint density at radius 3 is 2.64 bits per heavy atom. The first-order valence-electron chi connectivity index (χ1n) is 8.72. The fourth-order valence-electron chi connectivity index (χ4n) is 2.89. The van der Waals surface area contributed by atoms with E-state index in [1.165, 1.54) is 48.0 Å². The number of benzene rings is 2. The number of rotatable bonds is 6. The molecule has 1 aliphatic rings. The quantitative estimate of drug-likeness (QED) is 0.566. The molecule has 2 aromatic carbocycles. The second-order valence-corrected chi connectivity index (χ2v) is 8.21. The van der Waals surface area contributed by atoms with Gasteiger partial charge >= 0.3 is 0 Å². The summed E-state index contributed by atoms with van der Waals surface area (Å²) in [6, 6.07) is 10.6. The topological polar surface area (TPSA) is 108 Å². The van der Waals surface area contributed by atoms with Crippen LogP contribution in [0.1, 0.15) is 28.8 Å². The summed E-state index contributed by atoms with van der Waals surface area (Å²) in [5, 5.41) is 13.6. The highest BCUT2D eigenvalue weighted by atomic mass is 32.2. The minimum atomic E-state index is -3.59. The predicted octanol–water partition coefficient (Wildman–Crippen LogP) is 1.95. The van der Waals surface area contributed by atoms with Crippen LogP contribution < -0.4 is 10.2 Å². The maximum Gasteiger partial charge on any atom is 0.271 e. The van der Waals surface area contributed by atoms with E-state index in [4.69, 9.17) is 4.74 Å². The molecule has 1 aliphatic heterocycles. The van der Waals surface area contributed by atoms with Crippen molar-refractivity contribution >= 4 is 22.1 Å². The Bertz CT molecular complexity index is 998. The van der Waals surface area contributed by atoms with Gasteiger partial charge in [0, 0.05) is 18.7 Å². The number of hydrogen-bond donors (Lipinski definition) is 2. The van der Waals surface area contributed by atoms with Gasteiger partial charge in [-0.05, 0) is 54.8 Å². The molecule has 0 unspecified atom stereocenters. The molecule has 0 atom stereocenters. The van der Waals surface area contributed by atoms with Crippen LogP contribution in [0.5, 0.6) is 11.5 Å². The van der Waals surface area contributed by atoms with Crippen molar-refractivity contribution in [2.24, 2.45) is 5.10 Å². The van der Waals surface area contributed by atoms with Crippen molar-refractivity contribution in [3.8, 4) is 11.5 Å². The zero-order valence-electron chi connectivity index (χ0n) is 15.3.